The average molecular weight is 605 g/mol. The van der Waals surface area contributed by atoms with Gasteiger partial charge in [0.15, 0.2) is 0 Å². The van der Waals surface area contributed by atoms with Crippen LogP contribution >= 0.6 is 0 Å². The summed E-state index contributed by atoms with van der Waals surface area (Å²) >= 11 is 0. The lowest BCUT2D eigenvalue weighted by Gasteiger charge is -2.11. The molecule has 236 valence electrons. The van der Waals surface area contributed by atoms with Crippen molar-refractivity contribution in [3.63, 3.8) is 0 Å². The van der Waals surface area contributed by atoms with Crippen molar-refractivity contribution in [2.45, 2.75) is 104 Å². The third kappa shape index (κ3) is 7.90. The summed E-state index contributed by atoms with van der Waals surface area (Å²) in [6, 6.07) is 41.8. The van der Waals surface area contributed by atoms with Gasteiger partial charge in [-0.2, -0.15) is 0 Å². The second-order valence-electron chi connectivity index (χ2n) is 13.5. The number of fused-ring (bicyclic) bond motifs is 5. The van der Waals surface area contributed by atoms with Crippen molar-refractivity contribution in [2.24, 2.45) is 0 Å². The van der Waals surface area contributed by atoms with Gasteiger partial charge in [0.05, 0.1) is 0 Å². The number of benzene rings is 6. The van der Waals surface area contributed by atoms with Crippen LogP contribution in [-0.2, 0) is 12.8 Å². The highest BCUT2D eigenvalue weighted by Crippen LogP contribution is 2.35. The van der Waals surface area contributed by atoms with E-state index in [9.17, 15) is 0 Å². The van der Waals surface area contributed by atoms with E-state index < -0.39 is 0 Å². The first kappa shape index (κ1) is 32.1. The molecular weight excluding hydrogens is 553 g/mol. The standard InChI is InChI=1S/C46H52/c1-3-5-7-9-11-13-15-35-17-21-37(22-18-35)39-25-29-43-41(33-39)27-31-46-44-30-26-40(34-42(44)28-32-45(43)46)38-23-19-36(20-24-38)16-14-12-10-8-6-4-2/h17-34H,3-16H2,1-2H3. The third-order valence-electron chi connectivity index (χ3n) is 10.0. The van der Waals surface area contributed by atoms with Crippen molar-refractivity contribution in [1.29, 1.82) is 0 Å². The van der Waals surface area contributed by atoms with E-state index in [1.54, 1.807) is 0 Å². The van der Waals surface area contributed by atoms with Crippen LogP contribution in [0.25, 0.3) is 54.6 Å². The largest absolute Gasteiger partial charge is 0.0654 e. The molecule has 0 aromatic heterocycles. The fraction of sp³-hybridized carbons (Fsp3) is 0.348. The maximum atomic E-state index is 2.36. The van der Waals surface area contributed by atoms with Gasteiger partial charge in [0.2, 0.25) is 0 Å². The maximum absolute atomic E-state index is 2.36. The quantitative estimate of drug-likeness (QED) is 0.0761. The minimum absolute atomic E-state index is 1.19. The van der Waals surface area contributed by atoms with Crippen LogP contribution in [0.15, 0.2) is 109 Å². The minimum Gasteiger partial charge on any atom is -0.0654 e. The summed E-state index contributed by atoms with van der Waals surface area (Å²) in [6.07, 6.45) is 18.6. The number of hydrogen-bond donors (Lipinski definition) is 0. The molecule has 46 heavy (non-hydrogen) atoms. The van der Waals surface area contributed by atoms with Crippen LogP contribution < -0.4 is 0 Å². The lowest BCUT2D eigenvalue weighted by molar-refractivity contribution is 0.607. The van der Waals surface area contributed by atoms with Gasteiger partial charge in [-0.15, -0.1) is 0 Å². The summed E-state index contributed by atoms with van der Waals surface area (Å²) in [7, 11) is 0. The number of hydrogen-bond acceptors (Lipinski definition) is 0. The van der Waals surface area contributed by atoms with Crippen molar-refractivity contribution in [3.05, 3.63) is 120 Å². The molecule has 0 aliphatic rings. The fourth-order valence-corrected chi connectivity index (χ4v) is 7.19. The first-order valence-electron chi connectivity index (χ1n) is 18.3. The van der Waals surface area contributed by atoms with E-state index in [0.717, 1.165) is 0 Å². The lowest BCUT2D eigenvalue weighted by atomic mass is 9.93. The molecule has 0 radical (unpaired) electrons. The normalized spacial score (nSPS) is 11.6. The van der Waals surface area contributed by atoms with Gasteiger partial charge in [0.1, 0.15) is 0 Å². The molecule has 6 aromatic rings. The Balaban J connectivity index is 1.14. The molecule has 0 unspecified atom stereocenters. The molecule has 0 nitrogen and oxygen atoms in total. The molecular formula is C46H52. The Morgan fingerprint density at radius 1 is 0.304 bits per heavy atom. The summed E-state index contributed by atoms with van der Waals surface area (Å²) < 4.78 is 0. The second kappa shape index (κ2) is 16.1. The Labute approximate surface area is 277 Å². The predicted molar refractivity (Wildman–Crippen MR) is 204 cm³/mol. The Kier molecular flexibility index (Phi) is 11.2. The zero-order chi connectivity index (χ0) is 31.6. The van der Waals surface area contributed by atoms with Gasteiger partial charge in [-0.05, 0) is 104 Å². The van der Waals surface area contributed by atoms with Crippen molar-refractivity contribution in [1.82, 2.24) is 0 Å². The van der Waals surface area contributed by atoms with Crippen LogP contribution in [-0.4, -0.2) is 0 Å². The van der Waals surface area contributed by atoms with Gasteiger partial charge in [-0.3, -0.25) is 0 Å². The highest BCUT2D eigenvalue weighted by Gasteiger charge is 2.09. The van der Waals surface area contributed by atoms with E-state index >= 15 is 0 Å². The van der Waals surface area contributed by atoms with Crippen LogP contribution in [0.3, 0.4) is 0 Å². The smallest absolute Gasteiger partial charge is 0.00990 e. The monoisotopic (exact) mass is 604 g/mol. The average Bonchev–Trinajstić information content (AvgIpc) is 3.11. The fourth-order valence-electron chi connectivity index (χ4n) is 7.19. The molecule has 0 bridgehead atoms. The van der Waals surface area contributed by atoms with Crippen molar-refractivity contribution in [2.75, 3.05) is 0 Å². The topological polar surface area (TPSA) is 0 Å². The van der Waals surface area contributed by atoms with Crippen LogP contribution in [0.5, 0.6) is 0 Å². The number of aryl methyl sites for hydroxylation is 2. The van der Waals surface area contributed by atoms with Crippen LogP contribution in [0.2, 0.25) is 0 Å². The molecule has 6 rings (SSSR count). The molecule has 0 saturated carbocycles. The number of unbranched alkanes of at least 4 members (excludes halogenated alkanes) is 10. The first-order valence-corrected chi connectivity index (χ1v) is 18.3. The van der Waals surface area contributed by atoms with E-state index in [4.69, 9.17) is 0 Å². The molecule has 0 atom stereocenters. The third-order valence-corrected chi connectivity index (χ3v) is 10.0. The van der Waals surface area contributed by atoms with E-state index in [0.29, 0.717) is 0 Å². The van der Waals surface area contributed by atoms with E-state index in [1.807, 2.05) is 0 Å². The van der Waals surface area contributed by atoms with E-state index in [-0.39, 0.29) is 0 Å². The van der Waals surface area contributed by atoms with Crippen molar-refractivity contribution >= 4 is 32.3 Å². The Bertz CT molecular complexity index is 1700. The summed E-state index contributed by atoms with van der Waals surface area (Å²) in [4.78, 5) is 0. The molecule has 0 N–H and O–H groups in total. The van der Waals surface area contributed by atoms with E-state index in [1.165, 1.54) is 156 Å². The van der Waals surface area contributed by atoms with Gasteiger partial charge < -0.3 is 0 Å². The summed E-state index contributed by atoms with van der Waals surface area (Å²) in [5.74, 6) is 0. The minimum atomic E-state index is 1.19. The second-order valence-corrected chi connectivity index (χ2v) is 13.5. The zero-order valence-electron chi connectivity index (χ0n) is 28.3. The predicted octanol–water partition coefficient (Wildman–Crippen LogP) is 14.3. The molecule has 0 saturated heterocycles. The zero-order valence-corrected chi connectivity index (χ0v) is 28.3. The first-order chi connectivity index (χ1) is 22.7. The van der Waals surface area contributed by atoms with Gasteiger partial charge in [0, 0.05) is 0 Å². The number of rotatable bonds is 16. The molecule has 0 heterocycles. The van der Waals surface area contributed by atoms with Crippen LogP contribution in [0.4, 0.5) is 0 Å². The van der Waals surface area contributed by atoms with Gasteiger partial charge in [0.25, 0.3) is 0 Å². The molecule has 0 spiro atoms. The molecule has 0 fully saturated rings. The van der Waals surface area contributed by atoms with Gasteiger partial charge >= 0.3 is 0 Å². The molecule has 0 heteroatoms. The van der Waals surface area contributed by atoms with Crippen molar-refractivity contribution in [3.8, 4) is 22.3 Å². The summed E-state index contributed by atoms with van der Waals surface area (Å²) in [5.41, 5.74) is 8.11. The van der Waals surface area contributed by atoms with Crippen LogP contribution in [0.1, 0.15) is 102 Å². The Hall–Kier alpha value is -3.90. The summed E-state index contributed by atoms with van der Waals surface area (Å²) in [5, 5.41) is 7.92. The molecule has 0 amide bonds. The molecule has 0 aliphatic carbocycles. The van der Waals surface area contributed by atoms with Crippen molar-refractivity contribution < 1.29 is 0 Å². The Morgan fingerprint density at radius 2 is 0.652 bits per heavy atom. The summed E-state index contributed by atoms with van der Waals surface area (Å²) in [6.45, 7) is 4.57. The SMILES string of the molecule is CCCCCCCCc1ccc(-c2ccc3c(ccc4c5ccc(-c6ccc(CCCCCCCC)cc6)cc5ccc34)c2)cc1. The highest BCUT2D eigenvalue weighted by atomic mass is 14.1. The molecule has 0 aliphatic heterocycles. The van der Waals surface area contributed by atoms with E-state index in [2.05, 4.69) is 123 Å². The maximum Gasteiger partial charge on any atom is -0.00990 e. The Morgan fingerprint density at radius 3 is 1.07 bits per heavy atom. The van der Waals surface area contributed by atoms with Gasteiger partial charge in [-0.25, -0.2) is 0 Å². The lowest BCUT2D eigenvalue weighted by Crippen LogP contribution is -1.88. The highest BCUT2D eigenvalue weighted by molar-refractivity contribution is 6.18. The van der Waals surface area contributed by atoms with Crippen LogP contribution in [0, 0.1) is 0 Å². The molecule has 6 aromatic carbocycles. The van der Waals surface area contributed by atoms with Gasteiger partial charge in [-0.1, -0.05) is 175 Å².